The van der Waals surface area contributed by atoms with Gasteiger partial charge >= 0.3 is 5.97 Å². The van der Waals surface area contributed by atoms with E-state index >= 15 is 0 Å². The molecule has 0 fully saturated rings. The smallest absolute Gasteiger partial charge is 0.323 e. The zero-order chi connectivity index (χ0) is 23.3. The minimum Gasteiger partial charge on any atom is -0.496 e. The Morgan fingerprint density at radius 1 is 1.00 bits per heavy atom. The molecule has 0 saturated carbocycles. The van der Waals surface area contributed by atoms with Crippen LogP contribution in [0.2, 0.25) is 0 Å². The lowest BCUT2D eigenvalue weighted by molar-refractivity contribution is -0.136. The minimum absolute atomic E-state index is 0.181. The lowest BCUT2D eigenvalue weighted by Crippen LogP contribution is -2.33. The predicted molar refractivity (Wildman–Crippen MR) is 115 cm³/mol. The zero-order valence-electron chi connectivity index (χ0n) is 17.5. The maximum absolute atomic E-state index is 13.7. The van der Waals surface area contributed by atoms with Gasteiger partial charge in [0.2, 0.25) is 5.91 Å². The van der Waals surface area contributed by atoms with Crippen LogP contribution in [0, 0.1) is 11.6 Å². The van der Waals surface area contributed by atoms with Crippen molar-refractivity contribution in [3.63, 3.8) is 0 Å². The first-order valence-corrected chi connectivity index (χ1v) is 9.63. The SMILES string of the molecule is COc1cc(F)c(F)cc1-c1ccc(OCc2cccc(N(CC(=O)O)C(C)=O)c2)cc1. The fourth-order valence-electron chi connectivity index (χ4n) is 3.15. The molecular formula is C24H21F2NO5. The van der Waals surface area contributed by atoms with E-state index in [2.05, 4.69) is 0 Å². The molecule has 3 aromatic rings. The van der Waals surface area contributed by atoms with Gasteiger partial charge in [-0.3, -0.25) is 9.59 Å². The van der Waals surface area contributed by atoms with E-state index in [0.717, 1.165) is 22.6 Å². The Morgan fingerprint density at radius 2 is 1.69 bits per heavy atom. The number of amides is 1. The highest BCUT2D eigenvalue weighted by molar-refractivity contribution is 5.95. The molecule has 166 valence electrons. The van der Waals surface area contributed by atoms with Gasteiger partial charge in [-0.2, -0.15) is 0 Å². The first-order chi connectivity index (χ1) is 15.3. The van der Waals surface area contributed by atoms with Crippen LogP contribution in [0.15, 0.2) is 60.7 Å². The van der Waals surface area contributed by atoms with Crippen molar-refractivity contribution in [2.45, 2.75) is 13.5 Å². The quantitative estimate of drug-likeness (QED) is 0.550. The number of halogens is 2. The number of hydrogen-bond donors (Lipinski definition) is 1. The van der Waals surface area contributed by atoms with Crippen LogP contribution in [0.1, 0.15) is 12.5 Å². The maximum atomic E-state index is 13.7. The third-order valence-electron chi connectivity index (χ3n) is 4.71. The molecule has 0 radical (unpaired) electrons. The highest BCUT2D eigenvalue weighted by atomic mass is 19.2. The molecule has 0 aliphatic rings. The molecule has 32 heavy (non-hydrogen) atoms. The van der Waals surface area contributed by atoms with Crippen LogP contribution in [0.5, 0.6) is 11.5 Å². The molecule has 1 N–H and O–H groups in total. The number of ether oxygens (including phenoxy) is 2. The number of carboxylic acids is 1. The molecule has 0 spiro atoms. The van der Waals surface area contributed by atoms with Crippen molar-refractivity contribution >= 4 is 17.6 Å². The number of anilines is 1. The Balaban J connectivity index is 1.73. The molecule has 0 aliphatic heterocycles. The van der Waals surface area contributed by atoms with Crippen molar-refractivity contribution in [2.24, 2.45) is 0 Å². The molecule has 8 heteroatoms. The van der Waals surface area contributed by atoms with Crippen LogP contribution in [0.4, 0.5) is 14.5 Å². The molecule has 0 heterocycles. The molecule has 0 saturated heterocycles. The zero-order valence-corrected chi connectivity index (χ0v) is 17.5. The van der Waals surface area contributed by atoms with Crippen molar-refractivity contribution in [3.05, 3.63) is 77.9 Å². The number of benzene rings is 3. The summed E-state index contributed by atoms with van der Waals surface area (Å²) in [6, 6.07) is 15.7. The molecule has 0 unspecified atom stereocenters. The minimum atomic E-state index is -1.11. The summed E-state index contributed by atoms with van der Waals surface area (Å²) in [7, 11) is 1.38. The molecule has 3 aromatic carbocycles. The fourth-order valence-corrected chi connectivity index (χ4v) is 3.15. The Labute approximate surface area is 183 Å². The number of methoxy groups -OCH3 is 1. The average molecular weight is 441 g/mol. The number of rotatable bonds is 8. The third-order valence-corrected chi connectivity index (χ3v) is 4.71. The standard InChI is InChI=1S/C24H21F2NO5/c1-15(28)27(13-24(29)30)18-5-3-4-16(10-18)14-32-19-8-6-17(7-9-19)20-11-21(25)22(26)12-23(20)31-2/h3-12H,13-14H2,1-2H3,(H,29,30). The van der Waals surface area contributed by atoms with Gasteiger partial charge in [0, 0.05) is 24.2 Å². The van der Waals surface area contributed by atoms with Gasteiger partial charge in [0.05, 0.1) is 7.11 Å². The van der Waals surface area contributed by atoms with Crippen molar-refractivity contribution in [3.8, 4) is 22.6 Å². The Kier molecular flexibility index (Phi) is 7.04. The van der Waals surface area contributed by atoms with Crippen LogP contribution in [0.25, 0.3) is 11.1 Å². The fraction of sp³-hybridized carbons (Fsp3) is 0.167. The number of aliphatic carboxylic acids is 1. The highest BCUT2D eigenvalue weighted by Gasteiger charge is 2.16. The van der Waals surface area contributed by atoms with Gasteiger partial charge in [0.1, 0.15) is 24.7 Å². The summed E-state index contributed by atoms with van der Waals surface area (Å²) in [5.74, 6) is -2.70. The summed E-state index contributed by atoms with van der Waals surface area (Å²) in [4.78, 5) is 24.0. The van der Waals surface area contributed by atoms with Crippen molar-refractivity contribution in [1.82, 2.24) is 0 Å². The second kappa shape index (κ2) is 9.91. The van der Waals surface area contributed by atoms with Crippen molar-refractivity contribution < 1.29 is 33.0 Å². The number of hydrogen-bond acceptors (Lipinski definition) is 4. The van der Waals surface area contributed by atoms with E-state index in [-0.39, 0.29) is 18.3 Å². The number of carbonyl (C=O) groups is 2. The molecule has 6 nitrogen and oxygen atoms in total. The molecule has 1 amide bonds. The summed E-state index contributed by atoms with van der Waals surface area (Å²) in [6.07, 6.45) is 0. The van der Waals surface area contributed by atoms with E-state index in [1.165, 1.54) is 14.0 Å². The van der Waals surface area contributed by atoms with E-state index in [9.17, 15) is 18.4 Å². The second-order valence-electron chi connectivity index (χ2n) is 6.95. The van der Waals surface area contributed by atoms with Gasteiger partial charge in [0.15, 0.2) is 11.6 Å². The lowest BCUT2D eigenvalue weighted by Gasteiger charge is -2.19. The van der Waals surface area contributed by atoms with Crippen LogP contribution in [0.3, 0.4) is 0 Å². The van der Waals surface area contributed by atoms with Crippen LogP contribution >= 0.6 is 0 Å². The summed E-state index contributed by atoms with van der Waals surface area (Å²) < 4.78 is 38.0. The summed E-state index contributed by atoms with van der Waals surface area (Å²) in [5.41, 5.74) is 2.24. The van der Waals surface area contributed by atoms with Crippen molar-refractivity contribution in [1.29, 1.82) is 0 Å². The third kappa shape index (κ3) is 5.40. The maximum Gasteiger partial charge on any atom is 0.323 e. The van der Waals surface area contributed by atoms with Gasteiger partial charge in [-0.05, 0) is 41.5 Å². The number of nitrogens with zero attached hydrogens (tertiary/aromatic N) is 1. The van der Waals surface area contributed by atoms with Gasteiger partial charge in [-0.1, -0.05) is 24.3 Å². The number of carboxylic acid groups (broad SMARTS) is 1. The van der Waals surface area contributed by atoms with E-state index in [0.29, 0.717) is 22.6 Å². The highest BCUT2D eigenvalue weighted by Crippen LogP contribution is 2.33. The molecule has 0 bridgehead atoms. The summed E-state index contributed by atoms with van der Waals surface area (Å²) >= 11 is 0. The van der Waals surface area contributed by atoms with E-state index in [4.69, 9.17) is 14.6 Å². The van der Waals surface area contributed by atoms with Crippen LogP contribution in [-0.4, -0.2) is 30.6 Å². The van der Waals surface area contributed by atoms with Crippen LogP contribution < -0.4 is 14.4 Å². The Bertz CT molecular complexity index is 1130. The van der Waals surface area contributed by atoms with Crippen LogP contribution in [-0.2, 0) is 16.2 Å². The van der Waals surface area contributed by atoms with E-state index in [1.807, 2.05) is 0 Å². The molecule has 0 aromatic heterocycles. The normalized spacial score (nSPS) is 10.5. The Hall–Kier alpha value is -3.94. The van der Waals surface area contributed by atoms with Gasteiger partial charge in [-0.25, -0.2) is 8.78 Å². The molecule has 3 rings (SSSR count). The van der Waals surface area contributed by atoms with Gasteiger partial charge < -0.3 is 19.5 Å². The first kappa shape index (κ1) is 22.7. The average Bonchev–Trinajstić information content (AvgIpc) is 2.78. The Morgan fingerprint density at radius 3 is 2.31 bits per heavy atom. The van der Waals surface area contributed by atoms with Gasteiger partial charge in [0.25, 0.3) is 0 Å². The number of carbonyl (C=O) groups excluding carboxylic acids is 1. The van der Waals surface area contributed by atoms with E-state index in [1.54, 1.807) is 48.5 Å². The topological polar surface area (TPSA) is 76.1 Å². The lowest BCUT2D eigenvalue weighted by atomic mass is 10.0. The molecular weight excluding hydrogens is 420 g/mol. The predicted octanol–water partition coefficient (Wildman–Crippen LogP) is 4.66. The largest absolute Gasteiger partial charge is 0.496 e. The second-order valence-corrected chi connectivity index (χ2v) is 6.95. The molecule has 0 atom stereocenters. The van der Waals surface area contributed by atoms with Gasteiger partial charge in [-0.15, -0.1) is 0 Å². The molecule has 0 aliphatic carbocycles. The summed E-state index contributed by atoms with van der Waals surface area (Å²) in [5, 5.41) is 9.02. The monoisotopic (exact) mass is 441 g/mol. The summed E-state index contributed by atoms with van der Waals surface area (Å²) in [6.45, 7) is 1.05. The van der Waals surface area contributed by atoms with Crippen molar-refractivity contribution in [2.75, 3.05) is 18.6 Å². The van der Waals surface area contributed by atoms with E-state index < -0.39 is 24.1 Å². The first-order valence-electron chi connectivity index (χ1n) is 9.63.